The Balaban J connectivity index is 1.07. The van der Waals surface area contributed by atoms with Crippen molar-refractivity contribution in [2.24, 2.45) is 0 Å². The number of carbonyl (C=O) groups excluding carboxylic acids is 3. The minimum absolute atomic E-state index is 0.121. The second kappa shape index (κ2) is 10.2. The summed E-state index contributed by atoms with van der Waals surface area (Å²) in [5.74, 6) is 0.732. The van der Waals surface area contributed by atoms with Crippen LogP contribution in [0.4, 0.5) is 4.79 Å². The van der Waals surface area contributed by atoms with Crippen LogP contribution in [0, 0.1) is 0 Å². The van der Waals surface area contributed by atoms with Crippen LogP contribution >= 0.6 is 0 Å². The molecule has 36 heavy (non-hydrogen) atoms. The van der Waals surface area contributed by atoms with E-state index < -0.39 is 17.5 Å². The molecule has 5 rings (SSSR count). The number of hydrogen-bond donors (Lipinski definition) is 2. The summed E-state index contributed by atoms with van der Waals surface area (Å²) in [6.45, 7) is 5.92. The van der Waals surface area contributed by atoms with E-state index in [9.17, 15) is 14.4 Å². The molecule has 2 aromatic rings. The number of hydrazine groups is 1. The molecule has 3 aliphatic heterocycles. The highest BCUT2D eigenvalue weighted by Gasteiger charge is 2.48. The lowest BCUT2D eigenvalue weighted by Crippen LogP contribution is -2.53. The Kier molecular flexibility index (Phi) is 6.80. The third-order valence-corrected chi connectivity index (χ3v) is 6.93. The van der Waals surface area contributed by atoms with Gasteiger partial charge in [0, 0.05) is 32.7 Å². The molecule has 3 heterocycles. The lowest BCUT2D eigenvalue weighted by atomic mass is 9.93. The number of aryl methyl sites for hydroxylation is 1. The van der Waals surface area contributed by atoms with Crippen molar-refractivity contribution in [2.45, 2.75) is 31.8 Å². The van der Waals surface area contributed by atoms with E-state index in [1.54, 1.807) is 6.92 Å². The van der Waals surface area contributed by atoms with Crippen molar-refractivity contribution in [3.63, 3.8) is 0 Å². The predicted octanol–water partition coefficient (Wildman–Crippen LogP) is 1.51. The minimum atomic E-state index is -1.06. The second-order valence-electron chi connectivity index (χ2n) is 9.66. The van der Waals surface area contributed by atoms with Crippen molar-refractivity contribution in [2.75, 3.05) is 39.5 Å². The molecule has 1 atom stereocenters. The molecule has 4 amide bonds. The van der Waals surface area contributed by atoms with Crippen LogP contribution in [-0.4, -0.2) is 77.7 Å². The summed E-state index contributed by atoms with van der Waals surface area (Å²) in [5, 5.41) is 3.56. The average molecular weight is 494 g/mol. The Morgan fingerprint density at radius 2 is 1.69 bits per heavy atom. The van der Waals surface area contributed by atoms with Gasteiger partial charge in [-0.1, -0.05) is 36.4 Å². The number of nitrogens with one attached hydrogen (secondary N) is 2. The molecular weight excluding hydrogens is 462 g/mol. The molecule has 0 bridgehead atoms. The highest BCUT2D eigenvalue weighted by atomic mass is 16.7. The third kappa shape index (κ3) is 5.29. The molecule has 2 N–H and O–H groups in total. The number of piperazine rings is 1. The van der Waals surface area contributed by atoms with Crippen LogP contribution in [0.3, 0.4) is 0 Å². The first kappa shape index (κ1) is 24.1. The molecule has 0 aromatic heterocycles. The van der Waals surface area contributed by atoms with Crippen molar-refractivity contribution in [1.29, 1.82) is 0 Å². The lowest BCUT2D eigenvalue weighted by Gasteiger charge is -2.34. The highest BCUT2D eigenvalue weighted by Crippen LogP contribution is 2.32. The summed E-state index contributed by atoms with van der Waals surface area (Å²) in [5.41, 5.74) is 3.69. The average Bonchev–Trinajstić information content (AvgIpc) is 3.43. The van der Waals surface area contributed by atoms with E-state index in [2.05, 4.69) is 15.6 Å². The SMILES string of the molecule is C[C@@]1(CCc2ccccc2)NC(=O)N(NC(=O)CN2CCN(Cc3ccc4c(c3)OCO4)CC2)C1=O. The second-order valence-corrected chi connectivity index (χ2v) is 9.66. The molecule has 0 saturated carbocycles. The Bertz CT molecular complexity index is 1130. The summed E-state index contributed by atoms with van der Waals surface area (Å²) >= 11 is 0. The van der Waals surface area contributed by atoms with Gasteiger partial charge in [-0.15, -0.1) is 0 Å². The van der Waals surface area contributed by atoms with Crippen LogP contribution < -0.4 is 20.2 Å². The van der Waals surface area contributed by atoms with Gasteiger partial charge in [0.05, 0.1) is 6.54 Å². The van der Waals surface area contributed by atoms with Crippen LogP contribution in [0.15, 0.2) is 48.5 Å². The number of carbonyl (C=O) groups is 3. The Morgan fingerprint density at radius 1 is 0.972 bits per heavy atom. The van der Waals surface area contributed by atoms with Crippen molar-refractivity contribution in [3.05, 3.63) is 59.7 Å². The maximum atomic E-state index is 13.0. The molecule has 10 nitrogen and oxygen atoms in total. The Morgan fingerprint density at radius 3 is 2.47 bits per heavy atom. The van der Waals surface area contributed by atoms with E-state index in [1.165, 1.54) is 0 Å². The van der Waals surface area contributed by atoms with E-state index in [0.717, 1.165) is 47.3 Å². The van der Waals surface area contributed by atoms with Crippen molar-refractivity contribution in [1.82, 2.24) is 25.6 Å². The maximum absolute atomic E-state index is 13.0. The summed E-state index contributed by atoms with van der Waals surface area (Å²) in [7, 11) is 0. The van der Waals surface area contributed by atoms with Gasteiger partial charge in [0.1, 0.15) is 5.54 Å². The van der Waals surface area contributed by atoms with E-state index in [0.29, 0.717) is 25.9 Å². The van der Waals surface area contributed by atoms with Crippen molar-refractivity contribution >= 4 is 17.8 Å². The van der Waals surface area contributed by atoms with Gasteiger partial charge < -0.3 is 14.8 Å². The molecular formula is C26H31N5O5. The number of hydrogen-bond acceptors (Lipinski definition) is 7. The number of amides is 4. The Hall–Kier alpha value is -3.63. The highest BCUT2D eigenvalue weighted by molar-refractivity contribution is 6.07. The van der Waals surface area contributed by atoms with E-state index in [1.807, 2.05) is 53.4 Å². The fraction of sp³-hybridized carbons (Fsp3) is 0.423. The van der Waals surface area contributed by atoms with Gasteiger partial charge in [0.2, 0.25) is 6.79 Å². The van der Waals surface area contributed by atoms with Gasteiger partial charge in [-0.3, -0.25) is 24.8 Å². The first-order valence-corrected chi connectivity index (χ1v) is 12.2. The third-order valence-electron chi connectivity index (χ3n) is 6.93. The molecule has 10 heteroatoms. The number of nitrogens with zero attached hydrogens (tertiary/aromatic N) is 3. The fourth-order valence-electron chi connectivity index (χ4n) is 4.76. The van der Waals surface area contributed by atoms with Crippen molar-refractivity contribution < 1.29 is 23.9 Å². The maximum Gasteiger partial charge on any atom is 0.344 e. The lowest BCUT2D eigenvalue weighted by molar-refractivity contribution is -0.139. The molecule has 0 aliphatic carbocycles. The summed E-state index contributed by atoms with van der Waals surface area (Å²) in [4.78, 5) is 42.4. The van der Waals surface area contributed by atoms with Gasteiger partial charge >= 0.3 is 6.03 Å². The number of fused-ring (bicyclic) bond motifs is 1. The van der Waals surface area contributed by atoms with Gasteiger partial charge in [-0.25, -0.2) is 4.79 Å². The first-order chi connectivity index (χ1) is 17.4. The number of benzene rings is 2. The molecule has 2 saturated heterocycles. The molecule has 0 radical (unpaired) electrons. The standard InChI is InChI=1S/C26H31N5O5/c1-26(10-9-19-5-3-2-4-6-19)24(33)31(25(34)27-26)28-23(32)17-30-13-11-29(12-14-30)16-20-7-8-21-22(15-20)36-18-35-21/h2-8,15H,9-14,16-18H2,1H3,(H,27,34)(H,28,32)/t26-/m0/s1. The predicted molar refractivity (Wildman–Crippen MR) is 131 cm³/mol. The molecule has 3 aliphatic rings. The van der Waals surface area contributed by atoms with Crippen LogP contribution in [0.2, 0.25) is 0 Å². The number of rotatable bonds is 8. The molecule has 2 fully saturated rings. The van der Waals surface area contributed by atoms with Gasteiger partial charge in [0.15, 0.2) is 11.5 Å². The Labute approximate surface area is 210 Å². The topological polar surface area (TPSA) is 103 Å². The van der Waals surface area contributed by atoms with Crippen LogP contribution in [0.5, 0.6) is 11.5 Å². The van der Waals surface area contributed by atoms with Crippen molar-refractivity contribution in [3.8, 4) is 11.5 Å². The van der Waals surface area contributed by atoms with E-state index in [-0.39, 0.29) is 19.2 Å². The van der Waals surface area contributed by atoms with Crippen LogP contribution in [0.25, 0.3) is 0 Å². The van der Waals surface area contributed by atoms with E-state index >= 15 is 0 Å². The molecule has 190 valence electrons. The first-order valence-electron chi connectivity index (χ1n) is 12.2. The summed E-state index contributed by atoms with van der Waals surface area (Å²) in [6.07, 6.45) is 1.08. The zero-order valence-electron chi connectivity index (χ0n) is 20.4. The van der Waals surface area contributed by atoms with Crippen LogP contribution in [0.1, 0.15) is 24.5 Å². The normalized spacial score (nSPS) is 22.1. The zero-order chi connectivity index (χ0) is 25.1. The molecule has 0 spiro atoms. The largest absolute Gasteiger partial charge is 0.454 e. The molecule has 2 aromatic carbocycles. The number of imide groups is 1. The van der Waals surface area contributed by atoms with Gasteiger partial charge in [0.25, 0.3) is 11.8 Å². The number of urea groups is 1. The number of ether oxygens (including phenoxy) is 2. The minimum Gasteiger partial charge on any atom is -0.454 e. The summed E-state index contributed by atoms with van der Waals surface area (Å²) < 4.78 is 10.8. The monoisotopic (exact) mass is 493 g/mol. The smallest absolute Gasteiger partial charge is 0.344 e. The van der Waals surface area contributed by atoms with Crippen LogP contribution in [-0.2, 0) is 22.6 Å². The van der Waals surface area contributed by atoms with Gasteiger partial charge in [-0.2, -0.15) is 5.01 Å². The summed E-state index contributed by atoms with van der Waals surface area (Å²) in [6, 6.07) is 15.2. The zero-order valence-corrected chi connectivity index (χ0v) is 20.4. The van der Waals surface area contributed by atoms with E-state index in [4.69, 9.17) is 9.47 Å². The fourth-order valence-corrected chi connectivity index (χ4v) is 4.76. The van der Waals surface area contributed by atoms with Gasteiger partial charge in [-0.05, 0) is 43.0 Å². The molecule has 0 unspecified atom stereocenters. The quantitative estimate of drug-likeness (QED) is 0.538.